The summed E-state index contributed by atoms with van der Waals surface area (Å²) in [6, 6.07) is 4.45. The SMILES string of the molecule is Cc1cc(C)c(N(C)C)c(N(C)C)c1. The fourth-order valence-corrected chi connectivity index (χ4v) is 1.86. The number of anilines is 2. The lowest BCUT2D eigenvalue weighted by Gasteiger charge is -2.25. The Balaban J connectivity index is 3.37. The first-order valence-electron chi connectivity index (χ1n) is 4.89. The molecule has 0 radical (unpaired) electrons. The van der Waals surface area contributed by atoms with E-state index in [9.17, 15) is 0 Å². The van der Waals surface area contributed by atoms with Crippen molar-refractivity contribution in [2.75, 3.05) is 38.0 Å². The van der Waals surface area contributed by atoms with Crippen LogP contribution in [0.1, 0.15) is 11.1 Å². The second-order valence-corrected chi connectivity index (χ2v) is 4.24. The van der Waals surface area contributed by atoms with Crippen molar-refractivity contribution in [2.45, 2.75) is 13.8 Å². The lowest BCUT2D eigenvalue weighted by Crippen LogP contribution is -2.18. The molecule has 2 heteroatoms. The maximum atomic E-state index is 2.22. The average molecular weight is 192 g/mol. The van der Waals surface area contributed by atoms with Gasteiger partial charge in [0.05, 0.1) is 11.4 Å². The van der Waals surface area contributed by atoms with Crippen molar-refractivity contribution >= 4 is 11.4 Å². The zero-order valence-corrected chi connectivity index (χ0v) is 10.0. The van der Waals surface area contributed by atoms with E-state index in [-0.39, 0.29) is 0 Å². The van der Waals surface area contributed by atoms with Crippen LogP contribution in [-0.4, -0.2) is 28.2 Å². The predicted octanol–water partition coefficient (Wildman–Crippen LogP) is 2.44. The molecule has 0 aliphatic rings. The van der Waals surface area contributed by atoms with Crippen LogP contribution >= 0.6 is 0 Å². The van der Waals surface area contributed by atoms with E-state index in [2.05, 4.69) is 64.0 Å². The quantitative estimate of drug-likeness (QED) is 0.710. The Labute approximate surface area is 87.1 Å². The van der Waals surface area contributed by atoms with Gasteiger partial charge in [-0.05, 0) is 31.0 Å². The molecular formula is C12H20N2. The van der Waals surface area contributed by atoms with Gasteiger partial charge in [-0.15, -0.1) is 0 Å². The molecule has 0 N–H and O–H groups in total. The van der Waals surface area contributed by atoms with Crippen LogP contribution in [0, 0.1) is 13.8 Å². The minimum atomic E-state index is 1.28. The van der Waals surface area contributed by atoms with Gasteiger partial charge in [-0.1, -0.05) is 6.07 Å². The predicted molar refractivity (Wildman–Crippen MR) is 64.6 cm³/mol. The van der Waals surface area contributed by atoms with Gasteiger partial charge in [0.2, 0.25) is 0 Å². The Morgan fingerprint density at radius 1 is 0.857 bits per heavy atom. The Kier molecular flexibility index (Phi) is 3.04. The smallest absolute Gasteiger partial charge is 0.0628 e. The summed E-state index contributed by atoms with van der Waals surface area (Å²) in [6.45, 7) is 4.30. The maximum absolute atomic E-state index is 2.22. The van der Waals surface area contributed by atoms with Gasteiger partial charge in [0, 0.05) is 28.2 Å². The highest BCUT2D eigenvalue weighted by molar-refractivity contribution is 5.74. The third-order valence-corrected chi connectivity index (χ3v) is 2.35. The van der Waals surface area contributed by atoms with Gasteiger partial charge < -0.3 is 9.80 Å². The van der Waals surface area contributed by atoms with Crippen LogP contribution in [0.5, 0.6) is 0 Å². The highest BCUT2D eigenvalue weighted by Crippen LogP contribution is 2.31. The standard InChI is InChI=1S/C12H20N2/c1-9-7-10(2)12(14(5)6)11(8-9)13(3)4/h7-8H,1-6H3. The van der Waals surface area contributed by atoms with E-state index in [4.69, 9.17) is 0 Å². The molecule has 0 bridgehead atoms. The van der Waals surface area contributed by atoms with Gasteiger partial charge in [0.15, 0.2) is 0 Å². The summed E-state index contributed by atoms with van der Waals surface area (Å²) in [4.78, 5) is 4.33. The minimum Gasteiger partial charge on any atom is -0.376 e. The molecule has 1 rings (SSSR count). The summed E-state index contributed by atoms with van der Waals surface area (Å²) >= 11 is 0. The topological polar surface area (TPSA) is 6.48 Å². The summed E-state index contributed by atoms with van der Waals surface area (Å²) < 4.78 is 0. The first kappa shape index (κ1) is 10.9. The molecule has 0 aliphatic carbocycles. The van der Waals surface area contributed by atoms with Crippen molar-refractivity contribution in [1.82, 2.24) is 0 Å². The van der Waals surface area contributed by atoms with Crippen LogP contribution in [0.4, 0.5) is 11.4 Å². The molecule has 0 aromatic heterocycles. The summed E-state index contributed by atoms with van der Waals surface area (Å²) in [6.07, 6.45) is 0. The molecular weight excluding hydrogens is 172 g/mol. The molecule has 0 aliphatic heterocycles. The van der Waals surface area contributed by atoms with Gasteiger partial charge in [0.1, 0.15) is 0 Å². The van der Waals surface area contributed by atoms with Crippen LogP contribution in [0.3, 0.4) is 0 Å². The van der Waals surface area contributed by atoms with Crippen LogP contribution in [0.2, 0.25) is 0 Å². The van der Waals surface area contributed by atoms with Crippen molar-refractivity contribution in [2.24, 2.45) is 0 Å². The lowest BCUT2D eigenvalue weighted by atomic mass is 10.1. The molecule has 0 saturated heterocycles. The zero-order chi connectivity index (χ0) is 10.9. The largest absolute Gasteiger partial charge is 0.376 e. The minimum absolute atomic E-state index is 1.28. The number of nitrogens with zero attached hydrogens (tertiary/aromatic N) is 2. The summed E-state index contributed by atoms with van der Waals surface area (Å²) in [5.41, 5.74) is 5.24. The van der Waals surface area contributed by atoms with Gasteiger partial charge in [-0.2, -0.15) is 0 Å². The third kappa shape index (κ3) is 2.00. The van der Waals surface area contributed by atoms with Crippen molar-refractivity contribution in [3.05, 3.63) is 23.3 Å². The fourth-order valence-electron chi connectivity index (χ4n) is 1.86. The van der Waals surface area contributed by atoms with E-state index in [1.165, 1.54) is 22.5 Å². The van der Waals surface area contributed by atoms with Gasteiger partial charge in [-0.3, -0.25) is 0 Å². The monoisotopic (exact) mass is 192 g/mol. The van der Waals surface area contributed by atoms with E-state index < -0.39 is 0 Å². The van der Waals surface area contributed by atoms with E-state index in [1.54, 1.807) is 0 Å². The fraction of sp³-hybridized carbons (Fsp3) is 0.500. The van der Waals surface area contributed by atoms with E-state index in [0.717, 1.165) is 0 Å². The number of hydrogen-bond donors (Lipinski definition) is 0. The molecule has 0 heterocycles. The molecule has 0 amide bonds. The molecule has 0 fully saturated rings. The van der Waals surface area contributed by atoms with Crippen LogP contribution in [-0.2, 0) is 0 Å². The Hall–Kier alpha value is -1.18. The first-order chi connectivity index (χ1) is 6.43. The number of aryl methyl sites for hydroxylation is 2. The van der Waals surface area contributed by atoms with E-state index in [1.807, 2.05) is 0 Å². The molecule has 0 unspecified atom stereocenters. The zero-order valence-electron chi connectivity index (χ0n) is 10.0. The van der Waals surface area contributed by atoms with Crippen molar-refractivity contribution in [3.8, 4) is 0 Å². The Morgan fingerprint density at radius 3 is 1.86 bits per heavy atom. The second-order valence-electron chi connectivity index (χ2n) is 4.24. The summed E-state index contributed by atoms with van der Waals surface area (Å²) in [7, 11) is 8.35. The van der Waals surface area contributed by atoms with Crippen LogP contribution in [0.25, 0.3) is 0 Å². The molecule has 0 spiro atoms. The summed E-state index contributed by atoms with van der Waals surface area (Å²) in [5, 5.41) is 0. The lowest BCUT2D eigenvalue weighted by molar-refractivity contribution is 1.06. The van der Waals surface area contributed by atoms with Gasteiger partial charge in [0.25, 0.3) is 0 Å². The van der Waals surface area contributed by atoms with Gasteiger partial charge in [-0.25, -0.2) is 0 Å². The average Bonchev–Trinajstić information content (AvgIpc) is 2.01. The maximum Gasteiger partial charge on any atom is 0.0628 e. The van der Waals surface area contributed by atoms with E-state index in [0.29, 0.717) is 0 Å². The van der Waals surface area contributed by atoms with Crippen molar-refractivity contribution < 1.29 is 0 Å². The normalized spacial score (nSPS) is 10.1. The Morgan fingerprint density at radius 2 is 1.43 bits per heavy atom. The first-order valence-corrected chi connectivity index (χ1v) is 4.89. The number of rotatable bonds is 2. The highest BCUT2D eigenvalue weighted by atomic mass is 15.1. The number of hydrogen-bond acceptors (Lipinski definition) is 2. The third-order valence-electron chi connectivity index (χ3n) is 2.35. The molecule has 1 aromatic carbocycles. The molecule has 1 aromatic rings. The van der Waals surface area contributed by atoms with E-state index >= 15 is 0 Å². The molecule has 14 heavy (non-hydrogen) atoms. The van der Waals surface area contributed by atoms with Crippen molar-refractivity contribution in [1.29, 1.82) is 0 Å². The molecule has 2 nitrogen and oxygen atoms in total. The number of benzene rings is 1. The van der Waals surface area contributed by atoms with Crippen LogP contribution < -0.4 is 9.80 Å². The Bertz CT molecular complexity index is 327. The second kappa shape index (κ2) is 3.91. The highest BCUT2D eigenvalue weighted by Gasteiger charge is 2.09. The van der Waals surface area contributed by atoms with Gasteiger partial charge >= 0.3 is 0 Å². The van der Waals surface area contributed by atoms with Crippen molar-refractivity contribution in [3.63, 3.8) is 0 Å². The molecule has 0 saturated carbocycles. The molecule has 0 atom stereocenters. The van der Waals surface area contributed by atoms with Crippen LogP contribution in [0.15, 0.2) is 12.1 Å². The summed E-state index contributed by atoms with van der Waals surface area (Å²) in [5.74, 6) is 0. The molecule has 78 valence electrons.